The molecule has 0 atom stereocenters. The summed E-state index contributed by atoms with van der Waals surface area (Å²) in [5, 5.41) is 8.97. The SMILES string of the molecule is COc1ccc(C[NH+]2CC[NH+](CC(=O)N(CCC#N)c3ccccc3)CC2)cc1OC. The normalized spacial score (nSPS) is 18.1. The smallest absolute Gasteiger partial charge is 0.282 e. The Morgan fingerprint density at radius 2 is 1.68 bits per heavy atom. The van der Waals surface area contributed by atoms with Gasteiger partial charge in [0.25, 0.3) is 5.91 Å². The molecular weight excluding hydrogens is 392 g/mol. The highest BCUT2D eigenvalue weighted by molar-refractivity contribution is 5.94. The van der Waals surface area contributed by atoms with Crippen LogP contribution in [-0.2, 0) is 11.3 Å². The number of carbonyl (C=O) groups excluding carboxylic acids is 1. The Balaban J connectivity index is 1.53. The molecule has 2 N–H and O–H groups in total. The van der Waals surface area contributed by atoms with E-state index in [0.29, 0.717) is 19.5 Å². The number of quaternary nitrogens is 2. The quantitative estimate of drug-likeness (QED) is 0.592. The van der Waals surface area contributed by atoms with Gasteiger partial charge in [0.15, 0.2) is 18.0 Å². The van der Waals surface area contributed by atoms with E-state index >= 15 is 0 Å². The van der Waals surface area contributed by atoms with E-state index in [9.17, 15) is 4.79 Å². The Labute approximate surface area is 184 Å². The van der Waals surface area contributed by atoms with Crippen LogP contribution in [0.3, 0.4) is 0 Å². The van der Waals surface area contributed by atoms with Crippen molar-refractivity contribution >= 4 is 11.6 Å². The van der Waals surface area contributed by atoms with Gasteiger partial charge in [0.1, 0.15) is 32.7 Å². The summed E-state index contributed by atoms with van der Waals surface area (Å²) in [7, 11) is 3.30. The lowest BCUT2D eigenvalue weighted by Crippen LogP contribution is -3.28. The zero-order valence-electron chi connectivity index (χ0n) is 18.4. The first-order valence-corrected chi connectivity index (χ1v) is 10.7. The zero-order valence-corrected chi connectivity index (χ0v) is 18.4. The van der Waals surface area contributed by atoms with Crippen molar-refractivity contribution in [3.05, 3.63) is 54.1 Å². The molecule has 1 aliphatic rings. The van der Waals surface area contributed by atoms with Crippen LogP contribution < -0.4 is 24.2 Å². The van der Waals surface area contributed by atoms with E-state index < -0.39 is 0 Å². The molecule has 0 radical (unpaired) electrons. The highest BCUT2D eigenvalue weighted by Crippen LogP contribution is 2.27. The molecule has 3 rings (SSSR count). The van der Waals surface area contributed by atoms with Gasteiger partial charge < -0.3 is 24.2 Å². The Morgan fingerprint density at radius 1 is 1.00 bits per heavy atom. The second-order valence-electron chi connectivity index (χ2n) is 7.83. The number of para-hydroxylation sites is 1. The minimum Gasteiger partial charge on any atom is -0.493 e. The van der Waals surface area contributed by atoms with Gasteiger partial charge in [-0.25, -0.2) is 0 Å². The molecule has 0 spiro atoms. The molecule has 1 saturated heterocycles. The standard InChI is InChI=1S/C24H30N4O3/c1-30-22-10-9-20(17-23(22)31-2)18-26-13-15-27(16-14-26)19-24(29)28(12-6-11-25)21-7-4-3-5-8-21/h3-5,7-10,17H,6,12-16,18-19H2,1-2H3/p+2. The molecule has 0 unspecified atom stereocenters. The molecule has 0 bridgehead atoms. The largest absolute Gasteiger partial charge is 0.493 e. The number of piperazine rings is 1. The molecule has 0 aliphatic carbocycles. The summed E-state index contributed by atoms with van der Waals surface area (Å²) in [6.07, 6.45) is 0.333. The number of methoxy groups -OCH3 is 2. The monoisotopic (exact) mass is 424 g/mol. The lowest BCUT2D eigenvalue weighted by Gasteiger charge is -2.31. The van der Waals surface area contributed by atoms with Crippen LogP contribution in [0.1, 0.15) is 12.0 Å². The van der Waals surface area contributed by atoms with E-state index in [-0.39, 0.29) is 5.91 Å². The average molecular weight is 425 g/mol. The van der Waals surface area contributed by atoms with E-state index in [2.05, 4.69) is 12.1 Å². The van der Waals surface area contributed by atoms with Crippen molar-refractivity contribution in [3.63, 3.8) is 0 Å². The first-order chi connectivity index (χ1) is 15.1. The van der Waals surface area contributed by atoms with Gasteiger partial charge in [0.05, 0.1) is 26.7 Å². The van der Waals surface area contributed by atoms with Crippen LogP contribution in [-0.4, -0.2) is 59.4 Å². The fourth-order valence-electron chi connectivity index (χ4n) is 4.07. The molecule has 0 saturated carbocycles. The van der Waals surface area contributed by atoms with Gasteiger partial charge in [-0.05, 0) is 30.3 Å². The predicted molar refractivity (Wildman–Crippen MR) is 119 cm³/mol. The highest BCUT2D eigenvalue weighted by atomic mass is 16.5. The second kappa shape index (κ2) is 11.3. The van der Waals surface area contributed by atoms with Crippen molar-refractivity contribution in [2.24, 2.45) is 0 Å². The van der Waals surface area contributed by atoms with Crippen LogP contribution in [0.2, 0.25) is 0 Å². The van der Waals surface area contributed by atoms with Gasteiger partial charge >= 0.3 is 0 Å². The van der Waals surface area contributed by atoms with Crippen LogP contribution in [0.4, 0.5) is 5.69 Å². The fourth-order valence-corrected chi connectivity index (χ4v) is 4.07. The first kappa shape index (κ1) is 22.6. The van der Waals surface area contributed by atoms with Gasteiger partial charge in [0, 0.05) is 17.8 Å². The number of anilines is 1. The van der Waals surface area contributed by atoms with Gasteiger partial charge in [0.2, 0.25) is 0 Å². The molecule has 1 aliphatic heterocycles. The van der Waals surface area contributed by atoms with Gasteiger partial charge in [-0.1, -0.05) is 18.2 Å². The summed E-state index contributed by atoms with van der Waals surface area (Å²) >= 11 is 0. The van der Waals surface area contributed by atoms with Crippen LogP contribution in [0.15, 0.2) is 48.5 Å². The van der Waals surface area contributed by atoms with Crippen LogP contribution >= 0.6 is 0 Å². The summed E-state index contributed by atoms with van der Waals surface area (Å²) in [4.78, 5) is 17.5. The van der Waals surface area contributed by atoms with E-state index in [4.69, 9.17) is 14.7 Å². The molecule has 2 aromatic carbocycles. The third-order valence-corrected chi connectivity index (χ3v) is 5.78. The van der Waals surface area contributed by atoms with E-state index in [0.717, 1.165) is 49.9 Å². The molecule has 2 aromatic rings. The number of ether oxygens (including phenoxy) is 2. The van der Waals surface area contributed by atoms with E-state index in [1.54, 1.807) is 19.1 Å². The second-order valence-corrected chi connectivity index (χ2v) is 7.83. The minimum atomic E-state index is 0.0831. The number of hydrogen-bond acceptors (Lipinski definition) is 4. The summed E-state index contributed by atoms with van der Waals surface area (Å²) in [5.74, 6) is 1.58. The fraction of sp³-hybridized carbons (Fsp3) is 0.417. The van der Waals surface area contributed by atoms with Crippen molar-refractivity contribution < 1.29 is 24.1 Å². The molecule has 164 valence electrons. The Kier molecular flexibility index (Phi) is 8.27. The minimum absolute atomic E-state index is 0.0831. The number of benzene rings is 2. The highest BCUT2D eigenvalue weighted by Gasteiger charge is 2.27. The van der Waals surface area contributed by atoms with E-state index in [1.807, 2.05) is 42.5 Å². The summed E-state index contributed by atoms with van der Waals surface area (Å²) in [6.45, 7) is 5.76. The number of nitriles is 1. The average Bonchev–Trinajstić information content (AvgIpc) is 2.81. The number of amides is 1. The summed E-state index contributed by atoms with van der Waals surface area (Å²) in [6, 6.07) is 17.9. The topological polar surface area (TPSA) is 71.4 Å². The third-order valence-electron chi connectivity index (χ3n) is 5.78. The molecule has 1 fully saturated rings. The lowest BCUT2D eigenvalue weighted by molar-refractivity contribution is -1.02. The predicted octanol–water partition coefficient (Wildman–Crippen LogP) is -0.0659. The molecule has 0 aromatic heterocycles. The molecule has 7 heteroatoms. The van der Waals surface area contributed by atoms with Crippen LogP contribution in [0, 0.1) is 11.3 Å². The molecule has 31 heavy (non-hydrogen) atoms. The molecule has 1 heterocycles. The van der Waals surface area contributed by atoms with E-state index in [1.165, 1.54) is 15.4 Å². The molecule has 7 nitrogen and oxygen atoms in total. The Hall–Kier alpha value is -3.08. The maximum Gasteiger partial charge on any atom is 0.282 e. The maximum absolute atomic E-state index is 13.0. The molecular formula is C24H32N4O3+2. The number of hydrogen-bond donors (Lipinski definition) is 2. The number of rotatable bonds is 9. The van der Waals surface area contributed by atoms with Crippen molar-refractivity contribution in [3.8, 4) is 17.6 Å². The van der Waals surface area contributed by atoms with Gasteiger partial charge in [-0.15, -0.1) is 0 Å². The van der Waals surface area contributed by atoms with Crippen molar-refractivity contribution in [1.29, 1.82) is 5.26 Å². The van der Waals surface area contributed by atoms with Crippen LogP contribution in [0.5, 0.6) is 11.5 Å². The van der Waals surface area contributed by atoms with Crippen LogP contribution in [0.25, 0.3) is 0 Å². The van der Waals surface area contributed by atoms with Gasteiger partial charge in [-0.2, -0.15) is 5.26 Å². The van der Waals surface area contributed by atoms with Crippen molar-refractivity contribution in [1.82, 2.24) is 0 Å². The first-order valence-electron chi connectivity index (χ1n) is 10.7. The number of nitrogens with zero attached hydrogens (tertiary/aromatic N) is 2. The zero-order chi connectivity index (χ0) is 22.1. The number of carbonyl (C=O) groups is 1. The third kappa shape index (κ3) is 6.20. The van der Waals surface area contributed by atoms with Crippen molar-refractivity contribution in [2.45, 2.75) is 13.0 Å². The summed E-state index contributed by atoms with van der Waals surface area (Å²) in [5.41, 5.74) is 2.08. The van der Waals surface area contributed by atoms with Gasteiger partial charge in [-0.3, -0.25) is 4.79 Å². The Bertz CT molecular complexity index is 889. The maximum atomic E-state index is 13.0. The summed E-state index contributed by atoms with van der Waals surface area (Å²) < 4.78 is 10.7. The Morgan fingerprint density at radius 3 is 2.32 bits per heavy atom. The van der Waals surface area contributed by atoms with Crippen molar-refractivity contribution in [2.75, 3.05) is 58.4 Å². The number of nitrogens with one attached hydrogen (secondary N) is 2. The lowest BCUT2D eigenvalue weighted by atomic mass is 10.1. The molecule has 1 amide bonds.